The number of methoxy groups -OCH3 is 1. The lowest BCUT2D eigenvalue weighted by Gasteiger charge is -2.12. The van der Waals surface area contributed by atoms with Crippen LogP contribution in [0.1, 0.15) is 10.4 Å². The van der Waals surface area contributed by atoms with Crippen LogP contribution in [0.5, 0.6) is 17.2 Å². The topological polar surface area (TPSA) is 65.0 Å². The molecule has 2 aromatic carbocycles. The first-order chi connectivity index (χ1) is 10.6. The molecule has 116 valence electrons. The maximum Gasteiger partial charge on any atom is 0.335 e. The third-order valence-electron chi connectivity index (χ3n) is 2.85. The van der Waals surface area contributed by atoms with Crippen LogP contribution in [0.15, 0.2) is 46.9 Å². The fourth-order valence-corrected chi connectivity index (χ4v) is 2.29. The van der Waals surface area contributed by atoms with E-state index >= 15 is 0 Å². The molecule has 0 bridgehead atoms. The highest BCUT2D eigenvalue weighted by atomic mass is 79.9. The Labute approximate surface area is 136 Å². The Balaban J connectivity index is 1.88. The number of rotatable bonds is 7. The molecule has 0 fully saturated rings. The molecule has 0 amide bonds. The number of para-hydroxylation sites is 2. The van der Waals surface area contributed by atoms with Gasteiger partial charge in [0.05, 0.1) is 17.1 Å². The van der Waals surface area contributed by atoms with Gasteiger partial charge in [-0.05, 0) is 46.3 Å². The summed E-state index contributed by atoms with van der Waals surface area (Å²) in [5.74, 6) is 0.892. The molecule has 0 aromatic heterocycles. The molecule has 0 aliphatic rings. The van der Waals surface area contributed by atoms with E-state index in [4.69, 9.17) is 19.3 Å². The van der Waals surface area contributed by atoms with Crippen LogP contribution in [-0.4, -0.2) is 31.4 Å². The maximum absolute atomic E-state index is 10.8. The molecule has 0 unspecified atom stereocenters. The monoisotopic (exact) mass is 366 g/mol. The van der Waals surface area contributed by atoms with Crippen molar-refractivity contribution in [3.8, 4) is 17.2 Å². The van der Waals surface area contributed by atoms with Crippen LogP contribution < -0.4 is 14.2 Å². The molecule has 0 aliphatic carbocycles. The minimum absolute atomic E-state index is 0.199. The first-order valence-corrected chi connectivity index (χ1v) is 7.32. The molecule has 0 saturated carbocycles. The Morgan fingerprint density at radius 1 is 1.05 bits per heavy atom. The number of ether oxygens (including phenoxy) is 3. The quantitative estimate of drug-likeness (QED) is 0.758. The second-order valence-corrected chi connectivity index (χ2v) is 5.15. The molecule has 22 heavy (non-hydrogen) atoms. The van der Waals surface area contributed by atoms with Crippen LogP contribution in [0, 0.1) is 0 Å². The summed E-state index contributed by atoms with van der Waals surface area (Å²) in [5.41, 5.74) is 0.199. The third-order valence-corrected chi connectivity index (χ3v) is 3.47. The predicted molar refractivity (Wildman–Crippen MR) is 85.1 cm³/mol. The second kappa shape index (κ2) is 7.70. The van der Waals surface area contributed by atoms with Crippen LogP contribution in [0.2, 0.25) is 0 Å². The highest BCUT2D eigenvalue weighted by molar-refractivity contribution is 9.10. The molecule has 1 N–H and O–H groups in total. The molecule has 0 saturated heterocycles. The van der Waals surface area contributed by atoms with Crippen molar-refractivity contribution in [1.29, 1.82) is 0 Å². The Hall–Kier alpha value is -2.21. The van der Waals surface area contributed by atoms with Gasteiger partial charge in [-0.1, -0.05) is 12.1 Å². The van der Waals surface area contributed by atoms with Gasteiger partial charge >= 0.3 is 5.97 Å². The molecular formula is C16H15BrO5. The first-order valence-electron chi connectivity index (χ1n) is 6.53. The largest absolute Gasteiger partial charge is 0.493 e. The number of carboxylic acids is 1. The van der Waals surface area contributed by atoms with Crippen LogP contribution in [-0.2, 0) is 0 Å². The van der Waals surface area contributed by atoms with Crippen molar-refractivity contribution in [1.82, 2.24) is 0 Å². The zero-order valence-electron chi connectivity index (χ0n) is 11.9. The van der Waals surface area contributed by atoms with E-state index < -0.39 is 5.97 Å². The fourth-order valence-electron chi connectivity index (χ4n) is 1.79. The van der Waals surface area contributed by atoms with Gasteiger partial charge < -0.3 is 19.3 Å². The summed E-state index contributed by atoms with van der Waals surface area (Å²) in [6.45, 7) is 0.663. The van der Waals surface area contributed by atoms with Gasteiger partial charge in [-0.25, -0.2) is 4.79 Å². The average molecular weight is 367 g/mol. The van der Waals surface area contributed by atoms with Gasteiger partial charge in [0.15, 0.2) is 11.5 Å². The van der Waals surface area contributed by atoms with Gasteiger partial charge in [0.2, 0.25) is 0 Å². The van der Waals surface area contributed by atoms with Gasteiger partial charge in [-0.2, -0.15) is 0 Å². The number of halogens is 1. The molecule has 0 heterocycles. The summed E-state index contributed by atoms with van der Waals surface area (Å²) in [6, 6.07) is 12.0. The van der Waals surface area contributed by atoms with Gasteiger partial charge in [-0.15, -0.1) is 0 Å². The van der Waals surface area contributed by atoms with Crippen molar-refractivity contribution >= 4 is 21.9 Å². The molecule has 5 nitrogen and oxygen atoms in total. The van der Waals surface area contributed by atoms with Crippen molar-refractivity contribution < 1.29 is 24.1 Å². The van der Waals surface area contributed by atoms with Crippen molar-refractivity contribution in [2.75, 3.05) is 20.3 Å². The maximum atomic E-state index is 10.8. The van der Waals surface area contributed by atoms with Gasteiger partial charge in [0, 0.05) is 0 Å². The standard InChI is InChI=1S/C16H15BrO5/c1-20-14-4-2-3-5-15(14)22-9-8-21-13-7-6-11(16(18)19)10-12(13)17/h2-7,10H,8-9H2,1H3,(H,18,19). The fraction of sp³-hybridized carbons (Fsp3) is 0.188. The Kier molecular flexibility index (Phi) is 5.66. The molecule has 0 spiro atoms. The number of carbonyl (C=O) groups is 1. The smallest absolute Gasteiger partial charge is 0.335 e. The minimum atomic E-state index is -0.980. The van der Waals surface area contributed by atoms with Crippen LogP contribution in [0.25, 0.3) is 0 Å². The number of benzene rings is 2. The van der Waals surface area contributed by atoms with E-state index in [1.165, 1.54) is 12.1 Å². The molecule has 6 heteroatoms. The zero-order chi connectivity index (χ0) is 15.9. The van der Waals surface area contributed by atoms with E-state index in [1.807, 2.05) is 24.3 Å². The first kappa shape index (κ1) is 16.2. The molecular weight excluding hydrogens is 352 g/mol. The van der Waals surface area contributed by atoms with E-state index in [1.54, 1.807) is 13.2 Å². The lowest BCUT2D eigenvalue weighted by molar-refractivity contribution is 0.0696. The highest BCUT2D eigenvalue weighted by Gasteiger charge is 2.08. The summed E-state index contributed by atoms with van der Waals surface area (Å²) in [7, 11) is 1.58. The van der Waals surface area contributed by atoms with Gasteiger partial charge in [-0.3, -0.25) is 0 Å². The summed E-state index contributed by atoms with van der Waals surface area (Å²) in [6.07, 6.45) is 0. The van der Waals surface area contributed by atoms with Gasteiger partial charge in [0.1, 0.15) is 19.0 Å². The Morgan fingerprint density at radius 3 is 2.27 bits per heavy atom. The van der Waals surface area contributed by atoms with Crippen molar-refractivity contribution in [2.45, 2.75) is 0 Å². The van der Waals surface area contributed by atoms with E-state index in [0.29, 0.717) is 34.9 Å². The lowest BCUT2D eigenvalue weighted by atomic mass is 10.2. The highest BCUT2D eigenvalue weighted by Crippen LogP contribution is 2.27. The summed E-state index contributed by atoms with van der Waals surface area (Å²) < 4.78 is 16.9. The molecule has 0 radical (unpaired) electrons. The predicted octanol–water partition coefficient (Wildman–Crippen LogP) is 3.61. The van der Waals surface area contributed by atoms with Gasteiger partial charge in [0.25, 0.3) is 0 Å². The third kappa shape index (κ3) is 4.14. The molecule has 2 rings (SSSR count). The van der Waals surface area contributed by atoms with Crippen molar-refractivity contribution in [3.05, 3.63) is 52.5 Å². The molecule has 0 aliphatic heterocycles. The summed E-state index contributed by atoms with van der Waals surface area (Å²) in [4.78, 5) is 10.8. The van der Waals surface area contributed by atoms with Crippen LogP contribution >= 0.6 is 15.9 Å². The zero-order valence-corrected chi connectivity index (χ0v) is 13.5. The van der Waals surface area contributed by atoms with Crippen LogP contribution in [0.3, 0.4) is 0 Å². The van der Waals surface area contributed by atoms with Crippen LogP contribution in [0.4, 0.5) is 0 Å². The average Bonchev–Trinajstić information content (AvgIpc) is 2.52. The minimum Gasteiger partial charge on any atom is -0.493 e. The molecule has 2 aromatic rings. The number of hydrogen-bond acceptors (Lipinski definition) is 4. The van der Waals surface area contributed by atoms with Crippen molar-refractivity contribution in [3.63, 3.8) is 0 Å². The lowest BCUT2D eigenvalue weighted by Crippen LogP contribution is -2.10. The summed E-state index contributed by atoms with van der Waals surface area (Å²) >= 11 is 3.29. The van der Waals surface area contributed by atoms with Crippen molar-refractivity contribution in [2.24, 2.45) is 0 Å². The number of aromatic carboxylic acids is 1. The van der Waals surface area contributed by atoms with E-state index in [0.717, 1.165) is 0 Å². The number of hydrogen-bond donors (Lipinski definition) is 1. The Bertz CT molecular complexity index is 657. The number of carboxylic acid groups (broad SMARTS) is 1. The van der Waals surface area contributed by atoms with E-state index in [-0.39, 0.29) is 5.56 Å². The summed E-state index contributed by atoms with van der Waals surface area (Å²) in [5, 5.41) is 8.90. The normalized spacial score (nSPS) is 10.1. The SMILES string of the molecule is COc1ccccc1OCCOc1ccc(C(=O)O)cc1Br. The molecule has 0 atom stereocenters. The second-order valence-electron chi connectivity index (χ2n) is 4.30. The van der Waals surface area contributed by atoms with E-state index in [9.17, 15) is 4.79 Å². The Morgan fingerprint density at radius 2 is 1.68 bits per heavy atom. The van der Waals surface area contributed by atoms with E-state index in [2.05, 4.69) is 15.9 Å².